The Morgan fingerprint density at radius 3 is 2.81 bits per heavy atom. The molecule has 2 saturated heterocycles. The molecule has 0 spiro atoms. The molecular formula is C23H30O3. The third-order valence-corrected chi connectivity index (χ3v) is 6.22. The molecule has 3 atom stereocenters. The Hall–Kier alpha value is -1.58. The molecule has 0 saturated carbocycles. The van der Waals surface area contributed by atoms with Crippen LogP contribution in [0.1, 0.15) is 62.6 Å². The van der Waals surface area contributed by atoms with Crippen LogP contribution in [0.5, 0.6) is 0 Å². The minimum atomic E-state index is -0.0629. The smallest absolute Gasteiger partial charge is 0.103 e. The van der Waals surface area contributed by atoms with Crippen LogP contribution in [0, 0.1) is 5.92 Å². The number of allylic oxidation sites excluding steroid dienone is 2. The topological polar surface area (TPSA) is 38.7 Å². The second-order valence-corrected chi connectivity index (χ2v) is 8.51. The van der Waals surface area contributed by atoms with Crippen LogP contribution in [0.4, 0.5) is 0 Å². The summed E-state index contributed by atoms with van der Waals surface area (Å²) in [6, 6.07) is 6.55. The Kier molecular flexibility index (Phi) is 4.70. The van der Waals surface area contributed by atoms with Gasteiger partial charge in [0.1, 0.15) is 11.4 Å². The molecule has 3 aliphatic rings. The zero-order chi connectivity index (χ0) is 18.3. The van der Waals surface area contributed by atoms with Gasteiger partial charge in [0, 0.05) is 11.8 Å². The number of hydrogen-bond donors (Lipinski definition) is 1. The first-order valence-corrected chi connectivity index (χ1v) is 9.94. The van der Waals surface area contributed by atoms with Crippen molar-refractivity contribution in [1.82, 2.24) is 0 Å². The van der Waals surface area contributed by atoms with Gasteiger partial charge in [-0.2, -0.15) is 0 Å². The number of rotatable bonds is 3. The van der Waals surface area contributed by atoms with E-state index in [2.05, 4.69) is 51.1 Å². The maximum absolute atomic E-state index is 9.67. The molecule has 26 heavy (non-hydrogen) atoms. The van der Waals surface area contributed by atoms with E-state index in [4.69, 9.17) is 9.47 Å². The number of ether oxygens (including phenoxy) is 2. The SMILES string of the molecule is CCc1ccc(C2COC3C(=CC=C4OC(C)(C)CCC43)C2)cc1CO. The van der Waals surface area contributed by atoms with Gasteiger partial charge in [-0.25, -0.2) is 0 Å². The molecule has 0 aromatic heterocycles. The van der Waals surface area contributed by atoms with Crippen LogP contribution in [0.3, 0.4) is 0 Å². The van der Waals surface area contributed by atoms with E-state index in [1.165, 1.54) is 16.7 Å². The molecule has 2 fully saturated rings. The van der Waals surface area contributed by atoms with E-state index in [0.717, 1.165) is 43.6 Å². The van der Waals surface area contributed by atoms with Gasteiger partial charge in [-0.05, 0) is 67.9 Å². The highest BCUT2D eigenvalue weighted by Gasteiger charge is 2.42. The summed E-state index contributed by atoms with van der Waals surface area (Å²) >= 11 is 0. The molecule has 2 heterocycles. The summed E-state index contributed by atoms with van der Waals surface area (Å²) in [7, 11) is 0. The maximum Gasteiger partial charge on any atom is 0.103 e. The normalized spacial score (nSPS) is 29.8. The molecule has 2 aliphatic heterocycles. The summed E-state index contributed by atoms with van der Waals surface area (Å²) in [5.41, 5.74) is 4.89. The predicted molar refractivity (Wildman–Crippen MR) is 103 cm³/mol. The summed E-state index contributed by atoms with van der Waals surface area (Å²) in [6.45, 7) is 7.31. The highest BCUT2D eigenvalue weighted by molar-refractivity contribution is 5.37. The Bertz CT molecular complexity index is 744. The maximum atomic E-state index is 9.67. The molecule has 4 rings (SSSR count). The fourth-order valence-electron chi connectivity index (χ4n) is 4.67. The van der Waals surface area contributed by atoms with Gasteiger partial charge >= 0.3 is 0 Å². The minimum Gasteiger partial charge on any atom is -0.492 e. The summed E-state index contributed by atoms with van der Waals surface area (Å²) in [4.78, 5) is 0. The summed E-state index contributed by atoms with van der Waals surface area (Å²) < 4.78 is 12.6. The number of aliphatic hydroxyl groups excluding tert-OH is 1. The zero-order valence-corrected chi connectivity index (χ0v) is 16.1. The third kappa shape index (κ3) is 3.23. The van der Waals surface area contributed by atoms with Crippen LogP contribution < -0.4 is 0 Å². The van der Waals surface area contributed by atoms with Gasteiger partial charge in [0.05, 0.1) is 19.3 Å². The molecule has 3 nitrogen and oxygen atoms in total. The van der Waals surface area contributed by atoms with Crippen LogP contribution in [0.25, 0.3) is 0 Å². The zero-order valence-electron chi connectivity index (χ0n) is 16.1. The van der Waals surface area contributed by atoms with E-state index in [1.54, 1.807) is 0 Å². The van der Waals surface area contributed by atoms with E-state index >= 15 is 0 Å². The third-order valence-electron chi connectivity index (χ3n) is 6.22. The van der Waals surface area contributed by atoms with E-state index in [9.17, 15) is 5.11 Å². The summed E-state index contributed by atoms with van der Waals surface area (Å²) in [5, 5.41) is 9.67. The Morgan fingerprint density at radius 2 is 2.04 bits per heavy atom. The lowest BCUT2D eigenvalue weighted by atomic mass is 9.76. The van der Waals surface area contributed by atoms with Crippen molar-refractivity contribution in [2.45, 2.75) is 70.7 Å². The first-order valence-electron chi connectivity index (χ1n) is 9.94. The second kappa shape index (κ2) is 6.86. The fourth-order valence-corrected chi connectivity index (χ4v) is 4.67. The molecule has 1 aromatic rings. The van der Waals surface area contributed by atoms with Gasteiger partial charge in [-0.3, -0.25) is 0 Å². The lowest BCUT2D eigenvalue weighted by Crippen LogP contribution is -2.42. The largest absolute Gasteiger partial charge is 0.492 e. The second-order valence-electron chi connectivity index (χ2n) is 8.51. The van der Waals surface area contributed by atoms with Crippen LogP contribution in [0.2, 0.25) is 0 Å². The van der Waals surface area contributed by atoms with Gasteiger partial charge in [0.15, 0.2) is 0 Å². The van der Waals surface area contributed by atoms with Gasteiger partial charge in [0.25, 0.3) is 0 Å². The summed E-state index contributed by atoms with van der Waals surface area (Å²) in [6.07, 6.45) is 8.75. The van der Waals surface area contributed by atoms with Crippen molar-refractivity contribution in [3.05, 3.63) is 58.4 Å². The fraction of sp³-hybridized carbons (Fsp3) is 0.565. The molecule has 140 valence electrons. The van der Waals surface area contributed by atoms with Crippen molar-refractivity contribution in [1.29, 1.82) is 0 Å². The predicted octanol–water partition coefficient (Wildman–Crippen LogP) is 4.64. The molecule has 3 heteroatoms. The molecule has 0 amide bonds. The van der Waals surface area contributed by atoms with Gasteiger partial charge in [-0.1, -0.05) is 31.2 Å². The quantitative estimate of drug-likeness (QED) is 0.859. The Morgan fingerprint density at radius 1 is 1.19 bits per heavy atom. The molecule has 1 aromatic carbocycles. The highest BCUT2D eigenvalue weighted by atomic mass is 16.5. The number of hydrogen-bond acceptors (Lipinski definition) is 3. The van der Waals surface area contributed by atoms with Crippen LogP contribution in [-0.4, -0.2) is 23.4 Å². The first kappa shape index (κ1) is 17.8. The minimum absolute atomic E-state index is 0.0629. The highest BCUT2D eigenvalue weighted by Crippen LogP contribution is 2.45. The van der Waals surface area contributed by atoms with Crippen molar-refractivity contribution in [3.63, 3.8) is 0 Å². The lowest BCUT2D eigenvalue weighted by Gasteiger charge is -2.45. The van der Waals surface area contributed by atoms with E-state index < -0.39 is 0 Å². The van der Waals surface area contributed by atoms with E-state index in [1.807, 2.05) is 0 Å². The van der Waals surface area contributed by atoms with Gasteiger partial charge in [0.2, 0.25) is 0 Å². The van der Waals surface area contributed by atoms with Crippen molar-refractivity contribution in [2.75, 3.05) is 6.61 Å². The van der Waals surface area contributed by atoms with Crippen LogP contribution in [0.15, 0.2) is 41.7 Å². The van der Waals surface area contributed by atoms with E-state index in [-0.39, 0.29) is 18.3 Å². The van der Waals surface area contributed by atoms with Crippen molar-refractivity contribution in [2.24, 2.45) is 5.92 Å². The Balaban J connectivity index is 1.55. The molecule has 0 radical (unpaired) electrons. The standard InChI is InChI=1S/C23H30O3/c1-4-15-5-6-16(11-18(15)13-24)19-12-17-7-8-21-20(22(17)25-14-19)9-10-23(2,3)26-21/h5-8,11,19-20,22,24H,4,9-10,12-14H2,1-3H3. The Labute approximate surface area is 156 Å². The van der Waals surface area contributed by atoms with Crippen molar-refractivity contribution >= 4 is 0 Å². The van der Waals surface area contributed by atoms with Crippen molar-refractivity contribution in [3.8, 4) is 0 Å². The van der Waals surface area contributed by atoms with Crippen LogP contribution in [-0.2, 0) is 22.5 Å². The van der Waals surface area contributed by atoms with Crippen LogP contribution >= 0.6 is 0 Å². The molecule has 1 N–H and O–H groups in total. The molecular weight excluding hydrogens is 324 g/mol. The molecule has 0 bridgehead atoms. The number of aryl methyl sites for hydroxylation is 1. The summed E-state index contributed by atoms with van der Waals surface area (Å²) in [5.74, 6) is 1.84. The van der Waals surface area contributed by atoms with Gasteiger partial charge in [-0.15, -0.1) is 0 Å². The van der Waals surface area contributed by atoms with Crippen molar-refractivity contribution < 1.29 is 14.6 Å². The molecule has 3 unspecified atom stereocenters. The first-order chi connectivity index (χ1) is 12.5. The van der Waals surface area contributed by atoms with E-state index in [0.29, 0.717) is 11.8 Å². The monoisotopic (exact) mass is 354 g/mol. The number of benzene rings is 1. The average molecular weight is 354 g/mol. The number of fused-ring (bicyclic) bond motifs is 3. The molecule has 1 aliphatic carbocycles. The van der Waals surface area contributed by atoms with Gasteiger partial charge < -0.3 is 14.6 Å². The average Bonchev–Trinajstić information content (AvgIpc) is 2.65. The number of aliphatic hydroxyl groups is 1. The lowest BCUT2D eigenvalue weighted by molar-refractivity contribution is -0.0714.